The fourth-order valence-electron chi connectivity index (χ4n) is 1.42. The second-order valence-corrected chi connectivity index (χ2v) is 4.34. The second-order valence-electron chi connectivity index (χ2n) is 2.95. The summed E-state index contributed by atoms with van der Waals surface area (Å²) in [6.45, 7) is 0. The normalized spacial score (nSPS) is 10.3. The van der Waals surface area contributed by atoms with Gasteiger partial charge in [-0.1, -0.05) is 36.4 Å². The Kier molecular flexibility index (Phi) is 5.86. The van der Waals surface area contributed by atoms with Crippen molar-refractivity contribution < 1.29 is 13.0 Å². The minimum Gasteiger partial charge on any atom is -0.282 e. The number of hydrogen-bond donors (Lipinski definition) is 1. The van der Waals surface area contributed by atoms with Gasteiger partial charge in [0, 0.05) is 43.1 Å². The van der Waals surface area contributed by atoms with Gasteiger partial charge < -0.3 is 0 Å². The van der Waals surface area contributed by atoms with E-state index in [0.29, 0.717) is 5.39 Å². The molecule has 2 aromatic carbocycles. The Labute approximate surface area is 118 Å². The van der Waals surface area contributed by atoms with Crippen LogP contribution in [0.4, 0.5) is 0 Å². The zero-order valence-electron chi connectivity index (χ0n) is 9.21. The van der Waals surface area contributed by atoms with Crippen LogP contribution in [0.3, 0.4) is 0 Å². The van der Waals surface area contributed by atoms with E-state index >= 15 is 0 Å². The molecule has 0 aliphatic carbocycles. The van der Waals surface area contributed by atoms with Gasteiger partial charge in [-0.15, -0.1) is 0 Å². The molecule has 16 heavy (non-hydrogen) atoms. The van der Waals surface area contributed by atoms with E-state index in [0.717, 1.165) is 5.39 Å². The van der Waals surface area contributed by atoms with E-state index in [1.165, 1.54) is 6.07 Å². The Hall–Kier alpha value is -0.195. The third-order valence-corrected chi connectivity index (χ3v) is 2.94. The van der Waals surface area contributed by atoms with Crippen LogP contribution in [0.25, 0.3) is 10.8 Å². The standard InChI is InChI=1S/C10H8O3S.2Li/c11-14(12,13)10-7-3-5-8-4-1-2-6-9(8)10;;/h1-7H,(H,11,12,13);;. The fraction of sp³-hybridized carbons (Fsp3) is 0. The molecule has 0 spiro atoms. The van der Waals surface area contributed by atoms with Gasteiger partial charge in [-0.05, 0) is 11.5 Å². The van der Waals surface area contributed by atoms with Gasteiger partial charge in [0.15, 0.2) is 0 Å². The Bertz CT molecular complexity index is 576. The number of hydrogen-bond acceptors (Lipinski definition) is 2. The topological polar surface area (TPSA) is 54.4 Å². The Morgan fingerprint density at radius 1 is 0.875 bits per heavy atom. The van der Waals surface area contributed by atoms with Crippen LogP contribution in [0.1, 0.15) is 0 Å². The molecule has 1 N–H and O–H groups in total. The molecule has 0 amide bonds. The van der Waals surface area contributed by atoms with Gasteiger partial charge in [-0.25, -0.2) is 0 Å². The van der Waals surface area contributed by atoms with Gasteiger partial charge in [0.05, 0.1) is 0 Å². The number of benzene rings is 2. The molecule has 0 saturated carbocycles. The maximum absolute atomic E-state index is 11.0. The SMILES string of the molecule is O=S(=O)(O)c1cccc2ccccc12.[Li].[Li]. The first-order valence-corrected chi connectivity index (χ1v) is 5.48. The summed E-state index contributed by atoms with van der Waals surface area (Å²) in [6, 6.07) is 11.8. The smallest absolute Gasteiger partial charge is 0.282 e. The number of fused-ring (bicyclic) bond motifs is 1. The zero-order chi connectivity index (χ0) is 10.2. The van der Waals surface area contributed by atoms with Crippen LogP contribution in [-0.4, -0.2) is 50.7 Å². The summed E-state index contributed by atoms with van der Waals surface area (Å²) in [6.07, 6.45) is 0. The molecule has 0 heterocycles. The molecule has 0 aromatic heterocycles. The van der Waals surface area contributed by atoms with E-state index in [2.05, 4.69) is 0 Å². The summed E-state index contributed by atoms with van der Waals surface area (Å²) in [5.41, 5.74) is 0. The molecule has 74 valence electrons. The van der Waals surface area contributed by atoms with Gasteiger partial charge in [-0.3, -0.25) is 4.55 Å². The van der Waals surface area contributed by atoms with Crippen LogP contribution in [0.2, 0.25) is 0 Å². The molecule has 0 aliphatic rings. The molecule has 0 aliphatic heterocycles. The van der Waals surface area contributed by atoms with Crippen molar-refractivity contribution in [2.45, 2.75) is 4.90 Å². The average Bonchev–Trinajstić information content (AvgIpc) is 2.15. The molecule has 0 atom stereocenters. The first-order valence-electron chi connectivity index (χ1n) is 4.04. The third-order valence-electron chi connectivity index (χ3n) is 2.03. The van der Waals surface area contributed by atoms with Crippen molar-refractivity contribution in [3.63, 3.8) is 0 Å². The Morgan fingerprint density at radius 3 is 2.06 bits per heavy atom. The van der Waals surface area contributed by atoms with Crippen molar-refractivity contribution in [2.24, 2.45) is 0 Å². The van der Waals surface area contributed by atoms with Gasteiger partial charge in [0.1, 0.15) is 4.90 Å². The molecule has 2 rings (SSSR count). The maximum atomic E-state index is 11.0. The van der Waals surface area contributed by atoms with Crippen LogP contribution < -0.4 is 0 Å². The molecule has 0 unspecified atom stereocenters. The maximum Gasteiger partial charge on any atom is 0.295 e. The summed E-state index contributed by atoms with van der Waals surface area (Å²) in [4.78, 5) is -0.0457. The van der Waals surface area contributed by atoms with E-state index in [9.17, 15) is 8.42 Å². The molecule has 3 nitrogen and oxygen atoms in total. The molecule has 2 aromatic rings. The summed E-state index contributed by atoms with van der Waals surface area (Å²) in [5, 5.41) is 1.33. The summed E-state index contributed by atoms with van der Waals surface area (Å²) in [7, 11) is -4.13. The van der Waals surface area contributed by atoms with E-state index < -0.39 is 10.1 Å². The molecule has 2 radical (unpaired) electrons. The predicted molar refractivity (Wildman–Crippen MR) is 65.3 cm³/mol. The first kappa shape index (κ1) is 15.8. The van der Waals surface area contributed by atoms with Crippen LogP contribution in [-0.2, 0) is 10.1 Å². The van der Waals surface area contributed by atoms with Gasteiger partial charge in [0.25, 0.3) is 10.1 Å². The van der Waals surface area contributed by atoms with Crippen LogP contribution in [0, 0.1) is 0 Å². The molecule has 0 saturated heterocycles. The van der Waals surface area contributed by atoms with Gasteiger partial charge in [-0.2, -0.15) is 8.42 Å². The molecular formula is C10H8Li2O3S. The van der Waals surface area contributed by atoms with Crippen molar-refractivity contribution in [3.8, 4) is 0 Å². The van der Waals surface area contributed by atoms with E-state index in [1.807, 2.05) is 6.07 Å². The van der Waals surface area contributed by atoms with Crippen LogP contribution >= 0.6 is 0 Å². The predicted octanol–water partition coefficient (Wildman–Crippen LogP) is 1.32. The Morgan fingerprint density at radius 2 is 1.44 bits per heavy atom. The summed E-state index contributed by atoms with van der Waals surface area (Å²) in [5.74, 6) is 0. The first-order chi connectivity index (χ1) is 6.59. The van der Waals surface area contributed by atoms with Crippen molar-refractivity contribution in [2.75, 3.05) is 0 Å². The minimum atomic E-state index is -4.13. The summed E-state index contributed by atoms with van der Waals surface area (Å²) >= 11 is 0. The molecule has 0 bridgehead atoms. The molecule has 6 heteroatoms. The Balaban J connectivity index is 0.00000112. The average molecular weight is 222 g/mol. The van der Waals surface area contributed by atoms with Gasteiger partial charge >= 0.3 is 0 Å². The van der Waals surface area contributed by atoms with Crippen molar-refractivity contribution in [3.05, 3.63) is 42.5 Å². The fourth-order valence-corrected chi connectivity index (χ4v) is 2.13. The van der Waals surface area contributed by atoms with Crippen molar-refractivity contribution in [1.82, 2.24) is 0 Å². The van der Waals surface area contributed by atoms with E-state index in [1.54, 1.807) is 30.3 Å². The van der Waals surface area contributed by atoms with E-state index in [4.69, 9.17) is 4.55 Å². The second kappa shape index (κ2) is 5.93. The zero-order valence-corrected chi connectivity index (χ0v) is 10.0. The quantitative estimate of drug-likeness (QED) is 0.584. The molecule has 0 fully saturated rings. The number of rotatable bonds is 1. The van der Waals surface area contributed by atoms with Crippen molar-refractivity contribution >= 4 is 58.6 Å². The van der Waals surface area contributed by atoms with Gasteiger partial charge in [0.2, 0.25) is 0 Å². The third kappa shape index (κ3) is 3.15. The van der Waals surface area contributed by atoms with E-state index in [-0.39, 0.29) is 42.6 Å². The van der Waals surface area contributed by atoms with Crippen LogP contribution in [0.5, 0.6) is 0 Å². The largest absolute Gasteiger partial charge is 0.295 e. The summed E-state index contributed by atoms with van der Waals surface area (Å²) < 4.78 is 31.0. The van der Waals surface area contributed by atoms with Crippen LogP contribution in [0.15, 0.2) is 47.4 Å². The monoisotopic (exact) mass is 222 g/mol. The minimum absolute atomic E-state index is 0. The van der Waals surface area contributed by atoms with Crippen molar-refractivity contribution in [1.29, 1.82) is 0 Å². The molecular weight excluding hydrogens is 214 g/mol.